The summed E-state index contributed by atoms with van der Waals surface area (Å²) in [6.07, 6.45) is 3.58. The summed E-state index contributed by atoms with van der Waals surface area (Å²) in [7, 11) is 0. The van der Waals surface area contributed by atoms with Crippen molar-refractivity contribution in [2.75, 3.05) is 0 Å². The van der Waals surface area contributed by atoms with Gasteiger partial charge >= 0.3 is 0 Å². The van der Waals surface area contributed by atoms with E-state index in [9.17, 15) is 4.79 Å². The van der Waals surface area contributed by atoms with E-state index in [1.54, 1.807) is 12.3 Å². The van der Waals surface area contributed by atoms with Crippen LogP contribution in [0.2, 0.25) is 0 Å². The normalized spacial score (nSPS) is 12.1. The van der Waals surface area contributed by atoms with Crippen LogP contribution in [0.3, 0.4) is 0 Å². The Morgan fingerprint density at radius 2 is 2.11 bits per heavy atom. The number of carbonyl (C=O) groups excluding carboxylic acids is 1. The maximum absolute atomic E-state index is 11.3. The second kappa shape index (κ2) is 6.11. The third-order valence-electron chi connectivity index (χ3n) is 3.07. The number of benzene rings is 1. The summed E-state index contributed by atoms with van der Waals surface area (Å²) in [6.45, 7) is 2.65. The van der Waals surface area contributed by atoms with Crippen LogP contribution in [0.15, 0.2) is 48.8 Å². The molecule has 1 aromatic heterocycles. The van der Waals surface area contributed by atoms with Crippen molar-refractivity contribution in [1.29, 1.82) is 0 Å². The maximum Gasteiger partial charge on any atom is 0.249 e. The Morgan fingerprint density at radius 1 is 1.32 bits per heavy atom. The standard InChI is InChI=1S/C15H17N3O/c1-11(12-6-4-8-17-9-12)18-10-13-5-2-3-7-14(13)15(16)19/h2-9,11,18H,10H2,1H3,(H2,16,19). The Morgan fingerprint density at radius 3 is 2.79 bits per heavy atom. The fourth-order valence-electron chi connectivity index (χ4n) is 1.93. The van der Waals surface area contributed by atoms with Gasteiger partial charge in [-0.2, -0.15) is 0 Å². The lowest BCUT2D eigenvalue weighted by atomic mass is 10.1. The van der Waals surface area contributed by atoms with Crippen LogP contribution in [0.25, 0.3) is 0 Å². The van der Waals surface area contributed by atoms with Crippen molar-refractivity contribution < 1.29 is 4.79 Å². The monoisotopic (exact) mass is 255 g/mol. The number of nitrogens with zero attached hydrogens (tertiary/aromatic N) is 1. The Balaban J connectivity index is 2.05. The van der Waals surface area contributed by atoms with E-state index in [2.05, 4.69) is 17.2 Å². The molecule has 0 aliphatic rings. The first-order chi connectivity index (χ1) is 9.18. The van der Waals surface area contributed by atoms with Crippen LogP contribution < -0.4 is 11.1 Å². The Kier molecular flexibility index (Phi) is 4.26. The van der Waals surface area contributed by atoms with E-state index in [-0.39, 0.29) is 6.04 Å². The van der Waals surface area contributed by atoms with Crippen molar-refractivity contribution in [2.45, 2.75) is 19.5 Å². The zero-order chi connectivity index (χ0) is 13.7. The van der Waals surface area contributed by atoms with Gasteiger partial charge in [0.15, 0.2) is 0 Å². The number of hydrogen-bond acceptors (Lipinski definition) is 3. The molecule has 98 valence electrons. The minimum atomic E-state index is -0.397. The molecule has 1 aromatic carbocycles. The zero-order valence-electron chi connectivity index (χ0n) is 10.8. The summed E-state index contributed by atoms with van der Waals surface area (Å²) in [6, 6.07) is 11.5. The molecular weight excluding hydrogens is 238 g/mol. The highest BCUT2D eigenvalue weighted by molar-refractivity contribution is 5.94. The number of amides is 1. The van der Waals surface area contributed by atoms with Crippen molar-refractivity contribution in [3.63, 3.8) is 0 Å². The lowest BCUT2D eigenvalue weighted by Gasteiger charge is -2.15. The van der Waals surface area contributed by atoms with Gasteiger partial charge in [0.05, 0.1) is 0 Å². The number of nitrogens with two attached hydrogens (primary N) is 1. The third kappa shape index (κ3) is 3.39. The molecule has 4 heteroatoms. The molecule has 0 saturated heterocycles. The molecule has 19 heavy (non-hydrogen) atoms. The second-order valence-electron chi connectivity index (χ2n) is 4.41. The first kappa shape index (κ1) is 13.2. The van der Waals surface area contributed by atoms with Gasteiger partial charge in [-0.15, -0.1) is 0 Å². The molecule has 0 radical (unpaired) electrons. The van der Waals surface area contributed by atoms with E-state index >= 15 is 0 Å². The van der Waals surface area contributed by atoms with Gasteiger partial charge in [-0.05, 0) is 30.2 Å². The van der Waals surface area contributed by atoms with Crippen LogP contribution >= 0.6 is 0 Å². The smallest absolute Gasteiger partial charge is 0.249 e. The molecule has 1 unspecified atom stereocenters. The molecule has 0 bridgehead atoms. The van der Waals surface area contributed by atoms with Crippen LogP contribution in [0.1, 0.15) is 34.5 Å². The highest BCUT2D eigenvalue weighted by Gasteiger charge is 2.09. The number of carbonyl (C=O) groups is 1. The minimum Gasteiger partial charge on any atom is -0.366 e. The summed E-state index contributed by atoms with van der Waals surface area (Å²) in [5.74, 6) is -0.397. The largest absolute Gasteiger partial charge is 0.366 e. The molecule has 0 saturated carbocycles. The van der Waals surface area contributed by atoms with Crippen molar-refractivity contribution in [3.05, 3.63) is 65.5 Å². The highest BCUT2D eigenvalue weighted by atomic mass is 16.1. The fraction of sp³-hybridized carbons (Fsp3) is 0.200. The average molecular weight is 255 g/mol. The predicted octanol–water partition coefficient (Wildman–Crippen LogP) is 2.03. The number of pyridine rings is 1. The molecular formula is C15H17N3O. The highest BCUT2D eigenvalue weighted by Crippen LogP contribution is 2.13. The van der Waals surface area contributed by atoms with Crippen LogP contribution in [-0.4, -0.2) is 10.9 Å². The molecule has 1 amide bonds. The van der Waals surface area contributed by atoms with Gasteiger partial charge in [-0.1, -0.05) is 24.3 Å². The summed E-state index contributed by atoms with van der Waals surface area (Å²) in [4.78, 5) is 15.4. The Bertz CT molecular complexity index is 554. The van der Waals surface area contributed by atoms with E-state index in [4.69, 9.17) is 5.73 Å². The predicted molar refractivity (Wildman–Crippen MR) is 74.5 cm³/mol. The first-order valence-electron chi connectivity index (χ1n) is 6.19. The molecule has 1 heterocycles. The van der Waals surface area contributed by atoms with Gasteiger partial charge < -0.3 is 11.1 Å². The van der Waals surface area contributed by atoms with Gasteiger partial charge in [0.2, 0.25) is 5.91 Å². The van der Waals surface area contributed by atoms with E-state index in [0.717, 1.165) is 11.1 Å². The molecule has 0 aliphatic carbocycles. The Hall–Kier alpha value is -2.20. The van der Waals surface area contributed by atoms with Crippen molar-refractivity contribution >= 4 is 5.91 Å². The van der Waals surface area contributed by atoms with Gasteiger partial charge in [0, 0.05) is 30.5 Å². The van der Waals surface area contributed by atoms with Gasteiger partial charge in [-0.25, -0.2) is 0 Å². The minimum absolute atomic E-state index is 0.162. The van der Waals surface area contributed by atoms with E-state index in [0.29, 0.717) is 12.1 Å². The van der Waals surface area contributed by atoms with Crippen LogP contribution in [0, 0.1) is 0 Å². The number of aromatic nitrogens is 1. The molecule has 4 nitrogen and oxygen atoms in total. The summed E-state index contributed by atoms with van der Waals surface area (Å²) < 4.78 is 0. The van der Waals surface area contributed by atoms with Gasteiger partial charge in [0.1, 0.15) is 0 Å². The number of hydrogen-bond donors (Lipinski definition) is 2. The van der Waals surface area contributed by atoms with E-state index < -0.39 is 5.91 Å². The summed E-state index contributed by atoms with van der Waals surface area (Å²) >= 11 is 0. The molecule has 3 N–H and O–H groups in total. The Labute approximate surface area is 112 Å². The van der Waals surface area contributed by atoms with Crippen LogP contribution in [-0.2, 0) is 6.54 Å². The summed E-state index contributed by atoms with van der Waals surface area (Å²) in [5.41, 5.74) is 7.94. The fourth-order valence-corrected chi connectivity index (χ4v) is 1.93. The lowest BCUT2D eigenvalue weighted by molar-refractivity contribution is 0.0999. The van der Waals surface area contributed by atoms with Crippen molar-refractivity contribution in [1.82, 2.24) is 10.3 Å². The number of rotatable bonds is 5. The number of primary amides is 1. The van der Waals surface area contributed by atoms with E-state index in [1.807, 2.05) is 36.5 Å². The first-order valence-corrected chi connectivity index (χ1v) is 6.19. The SMILES string of the molecule is CC(NCc1ccccc1C(N)=O)c1cccnc1. The zero-order valence-corrected chi connectivity index (χ0v) is 10.8. The average Bonchev–Trinajstić information content (AvgIpc) is 2.46. The van der Waals surface area contributed by atoms with Gasteiger partial charge in [-0.3, -0.25) is 9.78 Å². The summed E-state index contributed by atoms with van der Waals surface area (Å²) in [5, 5.41) is 3.36. The molecule has 2 rings (SSSR count). The van der Waals surface area contributed by atoms with Crippen LogP contribution in [0.4, 0.5) is 0 Å². The third-order valence-corrected chi connectivity index (χ3v) is 3.07. The van der Waals surface area contributed by atoms with Crippen LogP contribution in [0.5, 0.6) is 0 Å². The lowest BCUT2D eigenvalue weighted by Crippen LogP contribution is -2.21. The second-order valence-corrected chi connectivity index (χ2v) is 4.41. The topological polar surface area (TPSA) is 68.0 Å². The van der Waals surface area contributed by atoms with Gasteiger partial charge in [0.25, 0.3) is 0 Å². The molecule has 0 fully saturated rings. The maximum atomic E-state index is 11.3. The van der Waals surface area contributed by atoms with Crippen molar-refractivity contribution in [2.24, 2.45) is 5.73 Å². The van der Waals surface area contributed by atoms with Crippen molar-refractivity contribution in [3.8, 4) is 0 Å². The molecule has 0 aliphatic heterocycles. The molecule has 1 atom stereocenters. The van der Waals surface area contributed by atoms with E-state index in [1.165, 1.54) is 0 Å². The quantitative estimate of drug-likeness (QED) is 0.859. The number of nitrogens with one attached hydrogen (secondary N) is 1. The molecule has 0 spiro atoms. The molecule has 2 aromatic rings.